The molecule has 5 rings (SSSR count). The summed E-state index contributed by atoms with van der Waals surface area (Å²) in [5.74, 6) is 0.0112. The number of carbonyl (C=O) groups is 1. The second kappa shape index (κ2) is 9.59. The Labute approximate surface area is 198 Å². The van der Waals surface area contributed by atoms with Crippen molar-refractivity contribution >= 4 is 43.4 Å². The van der Waals surface area contributed by atoms with Crippen molar-refractivity contribution in [3.8, 4) is 0 Å². The van der Waals surface area contributed by atoms with E-state index in [1.165, 1.54) is 5.56 Å². The molecule has 0 saturated carbocycles. The number of fused-ring (bicyclic) bond motifs is 2. The first-order valence-corrected chi connectivity index (χ1v) is 12.4. The predicted molar refractivity (Wildman–Crippen MR) is 137 cm³/mol. The molecule has 2 heterocycles. The zero-order chi connectivity index (χ0) is 22.8. The lowest BCUT2D eigenvalue weighted by Gasteiger charge is -2.27. The molecule has 1 aliphatic heterocycles. The fourth-order valence-electron chi connectivity index (χ4n) is 4.40. The van der Waals surface area contributed by atoms with Gasteiger partial charge in [-0.1, -0.05) is 53.8 Å². The van der Waals surface area contributed by atoms with Crippen LogP contribution in [0, 0.1) is 13.8 Å². The summed E-state index contributed by atoms with van der Waals surface area (Å²) in [7, 11) is 0. The summed E-state index contributed by atoms with van der Waals surface area (Å²) in [5.41, 5.74) is 4.04. The standard InChI is InChI=1S/C27H29N3O2S/c1-19-8-9-20(2)25-24(19)28-27(33-25)30(13-5-12-29-14-16-32-17-15-29)26(31)23-11-10-21-6-3-4-7-22(21)18-23/h3-4,6-11,18H,5,12-17H2,1-2H3. The molecule has 3 aromatic carbocycles. The van der Waals surface area contributed by atoms with Crippen LogP contribution in [0.5, 0.6) is 0 Å². The molecule has 0 unspecified atom stereocenters. The molecule has 170 valence electrons. The molecule has 1 amide bonds. The highest BCUT2D eigenvalue weighted by Crippen LogP contribution is 2.34. The molecule has 1 aromatic heterocycles. The molecule has 1 saturated heterocycles. The zero-order valence-electron chi connectivity index (χ0n) is 19.2. The first-order chi connectivity index (χ1) is 16.1. The molecule has 6 heteroatoms. The second-order valence-corrected chi connectivity index (χ2v) is 9.68. The Morgan fingerprint density at radius 1 is 1.03 bits per heavy atom. The number of amides is 1. The number of ether oxygens (including phenoxy) is 1. The van der Waals surface area contributed by atoms with Gasteiger partial charge in [0.15, 0.2) is 5.13 Å². The van der Waals surface area contributed by atoms with Gasteiger partial charge in [-0.2, -0.15) is 0 Å². The summed E-state index contributed by atoms with van der Waals surface area (Å²) < 4.78 is 6.63. The number of thiazole rings is 1. The Bertz CT molecular complexity index is 1250. The van der Waals surface area contributed by atoms with E-state index in [0.717, 1.165) is 71.0 Å². The third-order valence-electron chi connectivity index (χ3n) is 6.36. The van der Waals surface area contributed by atoms with Crippen LogP contribution in [0.15, 0.2) is 54.6 Å². The number of carbonyl (C=O) groups excluding carboxylic acids is 1. The van der Waals surface area contributed by atoms with Crippen molar-refractivity contribution in [2.45, 2.75) is 20.3 Å². The zero-order valence-corrected chi connectivity index (χ0v) is 20.0. The highest BCUT2D eigenvalue weighted by molar-refractivity contribution is 7.22. The molecule has 0 N–H and O–H groups in total. The van der Waals surface area contributed by atoms with E-state index in [0.29, 0.717) is 12.1 Å². The van der Waals surface area contributed by atoms with Crippen LogP contribution in [0.1, 0.15) is 27.9 Å². The summed E-state index contributed by atoms with van der Waals surface area (Å²) in [6.07, 6.45) is 0.896. The predicted octanol–water partition coefficient (Wildman–Crippen LogP) is 5.44. The van der Waals surface area contributed by atoms with E-state index in [9.17, 15) is 4.79 Å². The fraction of sp³-hybridized carbons (Fsp3) is 0.333. The highest BCUT2D eigenvalue weighted by atomic mass is 32.1. The van der Waals surface area contributed by atoms with Gasteiger partial charge in [0.1, 0.15) is 0 Å². The normalized spacial score (nSPS) is 14.7. The summed E-state index contributed by atoms with van der Waals surface area (Å²) in [5, 5.41) is 2.99. The number of hydrogen-bond acceptors (Lipinski definition) is 5. The minimum absolute atomic E-state index is 0.0112. The third-order valence-corrected chi connectivity index (χ3v) is 7.58. The van der Waals surface area contributed by atoms with Crippen molar-refractivity contribution < 1.29 is 9.53 Å². The SMILES string of the molecule is Cc1ccc(C)c2sc(N(CCCN3CCOCC3)C(=O)c3ccc4ccccc4c3)nc12. The first kappa shape index (κ1) is 22.0. The smallest absolute Gasteiger partial charge is 0.260 e. The van der Waals surface area contributed by atoms with Crippen LogP contribution in [0.4, 0.5) is 5.13 Å². The van der Waals surface area contributed by atoms with Gasteiger partial charge in [0, 0.05) is 31.7 Å². The monoisotopic (exact) mass is 459 g/mol. The van der Waals surface area contributed by atoms with Gasteiger partial charge in [-0.15, -0.1) is 0 Å². The van der Waals surface area contributed by atoms with Crippen molar-refractivity contribution in [2.75, 3.05) is 44.3 Å². The minimum atomic E-state index is 0.0112. The molecule has 0 spiro atoms. The number of rotatable bonds is 6. The Balaban J connectivity index is 1.46. The highest BCUT2D eigenvalue weighted by Gasteiger charge is 2.23. The number of hydrogen-bond donors (Lipinski definition) is 0. The van der Waals surface area contributed by atoms with Crippen molar-refractivity contribution in [3.05, 3.63) is 71.3 Å². The maximum atomic E-state index is 13.8. The Kier molecular flexibility index (Phi) is 6.40. The molecular formula is C27H29N3O2S. The van der Waals surface area contributed by atoms with E-state index in [1.807, 2.05) is 35.2 Å². The number of nitrogens with zero attached hydrogens (tertiary/aromatic N) is 3. The van der Waals surface area contributed by atoms with Crippen LogP contribution < -0.4 is 4.90 Å². The van der Waals surface area contributed by atoms with Crippen LogP contribution in [0.2, 0.25) is 0 Å². The van der Waals surface area contributed by atoms with Gasteiger partial charge in [0.2, 0.25) is 0 Å². The van der Waals surface area contributed by atoms with E-state index in [2.05, 4.69) is 43.0 Å². The lowest BCUT2D eigenvalue weighted by Crippen LogP contribution is -2.39. The molecule has 0 aliphatic carbocycles. The molecule has 4 aromatic rings. The summed E-state index contributed by atoms with van der Waals surface area (Å²) in [4.78, 5) is 23.0. The topological polar surface area (TPSA) is 45.7 Å². The Morgan fingerprint density at radius 2 is 1.79 bits per heavy atom. The third kappa shape index (κ3) is 4.64. The van der Waals surface area contributed by atoms with E-state index in [-0.39, 0.29) is 5.91 Å². The van der Waals surface area contributed by atoms with Gasteiger partial charge in [0.05, 0.1) is 23.4 Å². The van der Waals surface area contributed by atoms with E-state index < -0.39 is 0 Å². The summed E-state index contributed by atoms with van der Waals surface area (Å²) in [6.45, 7) is 9.27. The fourth-order valence-corrected chi connectivity index (χ4v) is 5.54. The average molecular weight is 460 g/mol. The van der Waals surface area contributed by atoms with Crippen LogP contribution in [-0.2, 0) is 4.74 Å². The van der Waals surface area contributed by atoms with Crippen molar-refractivity contribution in [1.29, 1.82) is 0 Å². The number of aryl methyl sites for hydroxylation is 2. The quantitative estimate of drug-likeness (QED) is 0.385. The number of aromatic nitrogens is 1. The molecule has 0 atom stereocenters. The molecule has 33 heavy (non-hydrogen) atoms. The number of benzene rings is 3. The first-order valence-electron chi connectivity index (χ1n) is 11.6. The molecule has 0 radical (unpaired) electrons. The van der Waals surface area contributed by atoms with Gasteiger partial charge in [-0.25, -0.2) is 4.98 Å². The van der Waals surface area contributed by atoms with Gasteiger partial charge in [0.25, 0.3) is 5.91 Å². The molecule has 1 aliphatic rings. The largest absolute Gasteiger partial charge is 0.379 e. The molecule has 5 nitrogen and oxygen atoms in total. The van der Waals surface area contributed by atoms with E-state index in [1.54, 1.807) is 11.3 Å². The molecule has 0 bridgehead atoms. The van der Waals surface area contributed by atoms with Crippen molar-refractivity contribution in [3.63, 3.8) is 0 Å². The van der Waals surface area contributed by atoms with E-state index >= 15 is 0 Å². The van der Waals surface area contributed by atoms with Gasteiger partial charge in [-0.3, -0.25) is 14.6 Å². The number of anilines is 1. The van der Waals surface area contributed by atoms with E-state index in [4.69, 9.17) is 9.72 Å². The maximum absolute atomic E-state index is 13.8. The second-order valence-electron chi connectivity index (χ2n) is 8.70. The van der Waals surface area contributed by atoms with Crippen molar-refractivity contribution in [2.24, 2.45) is 0 Å². The lowest BCUT2D eigenvalue weighted by atomic mass is 10.1. The van der Waals surface area contributed by atoms with Crippen molar-refractivity contribution in [1.82, 2.24) is 9.88 Å². The summed E-state index contributed by atoms with van der Waals surface area (Å²) >= 11 is 1.62. The Morgan fingerprint density at radius 3 is 2.58 bits per heavy atom. The number of morpholine rings is 1. The van der Waals surface area contributed by atoms with Gasteiger partial charge in [-0.05, 0) is 54.3 Å². The lowest BCUT2D eigenvalue weighted by molar-refractivity contribution is 0.0376. The van der Waals surface area contributed by atoms with Crippen LogP contribution in [-0.4, -0.2) is 55.2 Å². The summed E-state index contributed by atoms with van der Waals surface area (Å²) in [6, 6.07) is 18.4. The molecular weight excluding hydrogens is 430 g/mol. The average Bonchev–Trinajstić information content (AvgIpc) is 3.31. The maximum Gasteiger partial charge on any atom is 0.260 e. The van der Waals surface area contributed by atoms with Gasteiger partial charge < -0.3 is 4.74 Å². The minimum Gasteiger partial charge on any atom is -0.379 e. The Hall–Kier alpha value is -2.80. The van der Waals surface area contributed by atoms with Crippen LogP contribution in [0.3, 0.4) is 0 Å². The van der Waals surface area contributed by atoms with Crippen LogP contribution >= 0.6 is 11.3 Å². The molecule has 1 fully saturated rings. The van der Waals surface area contributed by atoms with Crippen LogP contribution in [0.25, 0.3) is 21.0 Å². The van der Waals surface area contributed by atoms with Gasteiger partial charge >= 0.3 is 0 Å².